The van der Waals surface area contributed by atoms with Gasteiger partial charge in [0.25, 0.3) is 11.8 Å². The molecule has 29 heavy (non-hydrogen) atoms. The normalized spacial score (nSPS) is 16.2. The van der Waals surface area contributed by atoms with E-state index in [1.54, 1.807) is 25.1 Å². The second kappa shape index (κ2) is 9.76. The minimum absolute atomic E-state index is 0.0411. The van der Waals surface area contributed by atoms with Crippen molar-refractivity contribution in [1.82, 2.24) is 15.8 Å². The molecule has 0 saturated carbocycles. The molecular formula is C19H24N4O6. The molecule has 0 radical (unpaired) electrons. The lowest BCUT2D eigenvalue weighted by molar-refractivity contribution is -0.137. The summed E-state index contributed by atoms with van der Waals surface area (Å²) in [7, 11) is 0. The number of hydrogen-bond acceptors (Lipinski definition) is 7. The number of hydrazine groups is 1. The van der Waals surface area contributed by atoms with Gasteiger partial charge in [-0.25, -0.2) is 0 Å². The lowest BCUT2D eigenvalue weighted by Crippen LogP contribution is -2.48. The fraction of sp³-hybridized carbons (Fsp3) is 0.474. The number of carbonyl (C=O) groups is 3. The lowest BCUT2D eigenvalue weighted by Gasteiger charge is -2.19. The Hall–Kier alpha value is -3.30. The minimum Gasteiger partial charge on any atom is -0.454 e. The van der Waals surface area contributed by atoms with Crippen LogP contribution in [0.5, 0.6) is 11.5 Å². The predicted molar refractivity (Wildman–Crippen MR) is 102 cm³/mol. The van der Waals surface area contributed by atoms with E-state index in [0.717, 1.165) is 24.8 Å². The highest BCUT2D eigenvalue weighted by atomic mass is 16.7. The first-order valence-electron chi connectivity index (χ1n) is 9.45. The molecule has 10 nitrogen and oxygen atoms in total. The maximum Gasteiger partial charge on any atom is 0.279 e. The third kappa shape index (κ3) is 5.84. The van der Waals surface area contributed by atoms with Gasteiger partial charge in [0.05, 0.1) is 5.71 Å². The van der Waals surface area contributed by atoms with E-state index in [4.69, 9.17) is 14.3 Å². The van der Waals surface area contributed by atoms with Crippen molar-refractivity contribution in [2.75, 3.05) is 26.5 Å². The SMILES string of the molecule is C/C(=N/OCC(=O)NNC(=O)CN1CCCCCC1=O)c1ccc2c(c1)OCO2. The second-order valence-corrected chi connectivity index (χ2v) is 6.74. The Balaban J connectivity index is 1.38. The molecule has 156 valence electrons. The highest BCUT2D eigenvalue weighted by molar-refractivity contribution is 5.99. The number of nitrogens with zero attached hydrogens (tertiary/aromatic N) is 2. The van der Waals surface area contributed by atoms with Crippen molar-refractivity contribution in [3.63, 3.8) is 0 Å². The van der Waals surface area contributed by atoms with E-state index in [0.29, 0.717) is 30.2 Å². The molecule has 0 bridgehead atoms. The van der Waals surface area contributed by atoms with E-state index in [1.165, 1.54) is 4.90 Å². The molecule has 0 aromatic heterocycles. The van der Waals surface area contributed by atoms with E-state index in [-0.39, 0.29) is 25.9 Å². The van der Waals surface area contributed by atoms with Crippen LogP contribution in [0.4, 0.5) is 0 Å². The van der Waals surface area contributed by atoms with Gasteiger partial charge in [-0.3, -0.25) is 25.2 Å². The summed E-state index contributed by atoms with van der Waals surface area (Å²) >= 11 is 0. The summed E-state index contributed by atoms with van der Waals surface area (Å²) in [5.74, 6) is 0.219. The van der Waals surface area contributed by atoms with Gasteiger partial charge >= 0.3 is 0 Å². The molecule has 2 aliphatic heterocycles. The smallest absolute Gasteiger partial charge is 0.279 e. The number of benzene rings is 1. The van der Waals surface area contributed by atoms with Crippen LogP contribution in [0.1, 0.15) is 38.2 Å². The Bertz CT molecular complexity index is 810. The topological polar surface area (TPSA) is 119 Å². The molecule has 10 heteroatoms. The van der Waals surface area contributed by atoms with Crippen LogP contribution in [0.25, 0.3) is 0 Å². The van der Waals surface area contributed by atoms with Gasteiger partial charge in [0.15, 0.2) is 18.1 Å². The standard InChI is InChI=1S/C19H24N4O6/c1-13(14-6-7-15-16(9-14)28-12-27-15)22-29-11-18(25)21-20-17(24)10-23-8-4-2-3-5-19(23)26/h6-7,9H,2-5,8,10-12H2,1H3,(H,20,24)(H,21,25)/b22-13-. The average molecular weight is 404 g/mol. The summed E-state index contributed by atoms with van der Waals surface area (Å²) in [6, 6.07) is 5.35. The maximum atomic E-state index is 11.9. The van der Waals surface area contributed by atoms with Gasteiger partial charge in [-0.15, -0.1) is 0 Å². The Morgan fingerprint density at radius 1 is 1.14 bits per heavy atom. The molecule has 1 aromatic rings. The zero-order valence-corrected chi connectivity index (χ0v) is 16.2. The summed E-state index contributed by atoms with van der Waals surface area (Å²) in [6.07, 6.45) is 3.15. The van der Waals surface area contributed by atoms with Crippen LogP contribution in [-0.4, -0.2) is 54.8 Å². The van der Waals surface area contributed by atoms with Crippen LogP contribution in [0, 0.1) is 0 Å². The molecule has 0 spiro atoms. The Kier molecular flexibility index (Phi) is 6.88. The van der Waals surface area contributed by atoms with E-state index < -0.39 is 11.8 Å². The van der Waals surface area contributed by atoms with E-state index in [9.17, 15) is 14.4 Å². The van der Waals surface area contributed by atoms with Gasteiger partial charge in [0, 0.05) is 18.5 Å². The van der Waals surface area contributed by atoms with Gasteiger partial charge in [-0.1, -0.05) is 11.6 Å². The van der Waals surface area contributed by atoms with E-state index in [1.807, 2.05) is 0 Å². The highest BCUT2D eigenvalue weighted by Crippen LogP contribution is 2.32. The molecule has 2 heterocycles. The Morgan fingerprint density at radius 3 is 2.79 bits per heavy atom. The molecule has 1 fully saturated rings. The number of fused-ring (bicyclic) bond motifs is 1. The van der Waals surface area contributed by atoms with Crippen LogP contribution in [0.15, 0.2) is 23.4 Å². The fourth-order valence-corrected chi connectivity index (χ4v) is 2.96. The number of oxime groups is 1. The molecule has 3 amide bonds. The molecule has 1 saturated heterocycles. The third-order valence-electron chi connectivity index (χ3n) is 4.53. The first-order valence-corrected chi connectivity index (χ1v) is 9.45. The zero-order valence-electron chi connectivity index (χ0n) is 16.2. The molecule has 1 aromatic carbocycles. The predicted octanol–water partition coefficient (Wildman–Crippen LogP) is 0.706. The first-order chi connectivity index (χ1) is 14.0. The van der Waals surface area contributed by atoms with Crippen LogP contribution in [0.3, 0.4) is 0 Å². The summed E-state index contributed by atoms with van der Waals surface area (Å²) < 4.78 is 10.6. The molecule has 0 aliphatic carbocycles. The van der Waals surface area contributed by atoms with Gasteiger partial charge < -0.3 is 19.2 Å². The second-order valence-electron chi connectivity index (χ2n) is 6.74. The zero-order chi connectivity index (χ0) is 20.6. The van der Waals surface area contributed by atoms with Gasteiger partial charge in [0.1, 0.15) is 6.54 Å². The van der Waals surface area contributed by atoms with Gasteiger partial charge in [-0.2, -0.15) is 0 Å². The first kappa shape index (κ1) is 20.4. The summed E-state index contributed by atoms with van der Waals surface area (Å²) in [5.41, 5.74) is 5.84. The molecule has 0 unspecified atom stereocenters. The summed E-state index contributed by atoms with van der Waals surface area (Å²) in [6.45, 7) is 2.02. The summed E-state index contributed by atoms with van der Waals surface area (Å²) in [4.78, 5) is 42.1. The van der Waals surface area contributed by atoms with Crippen molar-refractivity contribution in [3.8, 4) is 11.5 Å². The number of hydrogen-bond donors (Lipinski definition) is 2. The molecular weight excluding hydrogens is 380 g/mol. The quantitative estimate of drug-likeness (QED) is 0.532. The van der Waals surface area contributed by atoms with Crippen LogP contribution < -0.4 is 20.3 Å². The number of ether oxygens (including phenoxy) is 2. The van der Waals surface area contributed by atoms with Crippen molar-refractivity contribution < 1.29 is 28.7 Å². The fourth-order valence-electron chi connectivity index (χ4n) is 2.96. The third-order valence-corrected chi connectivity index (χ3v) is 4.53. The number of carbonyl (C=O) groups excluding carboxylic acids is 3. The van der Waals surface area contributed by atoms with Gasteiger partial charge in [-0.05, 0) is 38.0 Å². The molecule has 0 atom stereocenters. The number of rotatable bonds is 6. The van der Waals surface area contributed by atoms with E-state index in [2.05, 4.69) is 16.0 Å². The Labute approximate surface area is 168 Å². The van der Waals surface area contributed by atoms with Crippen LogP contribution in [-0.2, 0) is 19.2 Å². The summed E-state index contributed by atoms with van der Waals surface area (Å²) in [5, 5.41) is 3.89. The van der Waals surface area contributed by atoms with Crippen molar-refractivity contribution in [2.45, 2.75) is 32.6 Å². The van der Waals surface area contributed by atoms with Gasteiger partial charge in [0.2, 0.25) is 12.7 Å². The van der Waals surface area contributed by atoms with E-state index >= 15 is 0 Å². The van der Waals surface area contributed by atoms with Crippen molar-refractivity contribution in [2.24, 2.45) is 5.16 Å². The van der Waals surface area contributed by atoms with Crippen molar-refractivity contribution in [1.29, 1.82) is 0 Å². The molecule has 2 N–H and O–H groups in total. The number of amides is 3. The van der Waals surface area contributed by atoms with Crippen molar-refractivity contribution in [3.05, 3.63) is 23.8 Å². The lowest BCUT2D eigenvalue weighted by atomic mass is 10.1. The monoisotopic (exact) mass is 404 g/mol. The van der Waals surface area contributed by atoms with Crippen LogP contribution >= 0.6 is 0 Å². The highest BCUT2D eigenvalue weighted by Gasteiger charge is 2.19. The minimum atomic E-state index is -0.567. The number of nitrogens with one attached hydrogen (secondary N) is 2. The largest absolute Gasteiger partial charge is 0.454 e. The molecule has 2 aliphatic rings. The molecule has 3 rings (SSSR count). The Morgan fingerprint density at radius 2 is 1.93 bits per heavy atom. The van der Waals surface area contributed by atoms with Crippen LogP contribution in [0.2, 0.25) is 0 Å². The van der Waals surface area contributed by atoms with Crippen molar-refractivity contribution >= 4 is 23.4 Å². The number of likely N-dealkylation sites (tertiary alicyclic amines) is 1. The average Bonchev–Trinajstić information content (AvgIpc) is 3.09. The maximum absolute atomic E-state index is 11.9.